The summed E-state index contributed by atoms with van der Waals surface area (Å²) >= 11 is 0. The molecule has 0 aliphatic heterocycles. The zero-order chi connectivity index (χ0) is 22.1. The van der Waals surface area contributed by atoms with Crippen molar-refractivity contribution in [2.45, 2.75) is 58.5 Å². The van der Waals surface area contributed by atoms with Crippen molar-refractivity contribution in [1.29, 1.82) is 0 Å². The highest BCUT2D eigenvalue weighted by Crippen LogP contribution is 2.40. The van der Waals surface area contributed by atoms with Gasteiger partial charge in [0.15, 0.2) is 0 Å². The van der Waals surface area contributed by atoms with Crippen molar-refractivity contribution in [2.75, 3.05) is 6.61 Å². The molecule has 2 aliphatic carbocycles. The van der Waals surface area contributed by atoms with Crippen molar-refractivity contribution in [3.8, 4) is 22.5 Å². The minimum absolute atomic E-state index is 0.289. The highest BCUT2D eigenvalue weighted by atomic mass is 16.5. The third-order valence-electron chi connectivity index (χ3n) is 6.95. The standard InChI is InChI=1S/C27H31N3O2/c1-3-32-27(31)20-9-7-19(8-10-20)25-24-15-21-14-18(6-13-23(21)26(24)30-29-25)16-28-22-11-4-17(2)5-12-22/h6-10,13-14,17,22,28H,3-5,11-12,15-16H2,1-2H3,(H,29,30)/t17-,22-. The number of benzene rings is 2. The molecular weight excluding hydrogens is 398 g/mol. The van der Waals surface area contributed by atoms with Gasteiger partial charge in [-0.25, -0.2) is 4.79 Å². The molecule has 0 spiro atoms. The lowest BCUT2D eigenvalue weighted by Crippen LogP contribution is -2.32. The summed E-state index contributed by atoms with van der Waals surface area (Å²) < 4.78 is 5.08. The largest absolute Gasteiger partial charge is 0.462 e. The molecule has 1 fully saturated rings. The molecule has 5 nitrogen and oxygen atoms in total. The van der Waals surface area contributed by atoms with Crippen LogP contribution < -0.4 is 5.32 Å². The highest BCUT2D eigenvalue weighted by molar-refractivity contribution is 5.90. The van der Waals surface area contributed by atoms with Gasteiger partial charge in [0.05, 0.1) is 23.6 Å². The monoisotopic (exact) mass is 429 g/mol. The van der Waals surface area contributed by atoms with Gasteiger partial charge in [0.25, 0.3) is 0 Å². The first-order chi connectivity index (χ1) is 15.6. The van der Waals surface area contributed by atoms with Crippen LogP contribution in [0, 0.1) is 5.92 Å². The molecule has 0 amide bonds. The third-order valence-corrected chi connectivity index (χ3v) is 6.95. The summed E-state index contributed by atoms with van der Waals surface area (Å²) in [5.41, 5.74) is 8.84. The van der Waals surface area contributed by atoms with E-state index in [1.807, 2.05) is 31.2 Å². The van der Waals surface area contributed by atoms with Crippen LogP contribution in [0.15, 0.2) is 42.5 Å². The molecule has 32 heavy (non-hydrogen) atoms. The van der Waals surface area contributed by atoms with Gasteiger partial charge >= 0.3 is 5.97 Å². The molecule has 2 aromatic carbocycles. The number of aromatic amines is 1. The Morgan fingerprint density at radius 3 is 2.66 bits per heavy atom. The summed E-state index contributed by atoms with van der Waals surface area (Å²) in [4.78, 5) is 11.9. The smallest absolute Gasteiger partial charge is 0.338 e. The Labute approximate surface area is 189 Å². The molecular formula is C27H31N3O2. The van der Waals surface area contributed by atoms with E-state index >= 15 is 0 Å². The van der Waals surface area contributed by atoms with E-state index in [2.05, 4.69) is 40.6 Å². The summed E-state index contributed by atoms with van der Waals surface area (Å²) in [5.74, 6) is 0.591. The molecule has 1 saturated carbocycles. The first kappa shape index (κ1) is 21.0. The molecule has 3 aromatic rings. The van der Waals surface area contributed by atoms with E-state index < -0.39 is 0 Å². The topological polar surface area (TPSA) is 67.0 Å². The lowest BCUT2D eigenvalue weighted by molar-refractivity contribution is 0.0526. The van der Waals surface area contributed by atoms with Gasteiger partial charge in [-0.05, 0) is 61.8 Å². The molecule has 1 heterocycles. The lowest BCUT2D eigenvalue weighted by atomic mass is 9.87. The van der Waals surface area contributed by atoms with Crippen molar-refractivity contribution >= 4 is 5.97 Å². The van der Waals surface area contributed by atoms with E-state index in [4.69, 9.17) is 4.74 Å². The van der Waals surface area contributed by atoms with Crippen LogP contribution in [0.1, 0.15) is 66.6 Å². The van der Waals surface area contributed by atoms with Gasteiger partial charge < -0.3 is 10.1 Å². The Morgan fingerprint density at radius 2 is 1.91 bits per heavy atom. The van der Waals surface area contributed by atoms with Crippen LogP contribution in [-0.4, -0.2) is 28.8 Å². The number of nitrogens with one attached hydrogen (secondary N) is 2. The SMILES string of the molecule is CCOC(=O)c1ccc(-c2n[nH]c3c2Cc2cc(CN[C@H]4CC[C@H](C)CC4)ccc2-3)cc1. The fourth-order valence-electron chi connectivity index (χ4n) is 5.04. The Balaban J connectivity index is 1.29. The van der Waals surface area contributed by atoms with E-state index in [0.29, 0.717) is 18.2 Å². The van der Waals surface area contributed by atoms with Crippen molar-refractivity contribution in [3.05, 3.63) is 64.7 Å². The van der Waals surface area contributed by atoms with Gasteiger partial charge in [0, 0.05) is 35.7 Å². The first-order valence-corrected chi connectivity index (χ1v) is 11.8. The number of fused-ring (bicyclic) bond motifs is 3. The van der Waals surface area contributed by atoms with E-state index in [1.54, 1.807) is 0 Å². The average molecular weight is 430 g/mol. The van der Waals surface area contributed by atoms with Crippen LogP contribution in [0.5, 0.6) is 0 Å². The zero-order valence-electron chi connectivity index (χ0n) is 18.9. The van der Waals surface area contributed by atoms with Crippen molar-refractivity contribution < 1.29 is 9.53 Å². The Morgan fingerprint density at radius 1 is 1.12 bits per heavy atom. The number of esters is 1. The third kappa shape index (κ3) is 4.09. The fraction of sp³-hybridized carbons (Fsp3) is 0.407. The number of nitrogens with zero attached hydrogens (tertiary/aromatic N) is 1. The molecule has 2 aliphatic rings. The maximum absolute atomic E-state index is 11.9. The average Bonchev–Trinajstić information content (AvgIpc) is 3.38. The summed E-state index contributed by atoms with van der Waals surface area (Å²) in [6, 6.07) is 15.0. The summed E-state index contributed by atoms with van der Waals surface area (Å²) in [6.07, 6.45) is 6.15. The minimum atomic E-state index is -0.289. The van der Waals surface area contributed by atoms with Crippen LogP contribution in [0.3, 0.4) is 0 Å². The molecule has 5 rings (SSSR count). The molecule has 0 saturated heterocycles. The Kier molecular flexibility index (Phi) is 5.83. The molecule has 1 aromatic heterocycles. The second kappa shape index (κ2) is 8.91. The maximum Gasteiger partial charge on any atom is 0.338 e. The quantitative estimate of drug-likeness (QED) is 0.398. The van der Waals surface area contributed by atoms with Crippen LogP contribution >= 0.6 is 0 Å². The van der Waals surface area contributed by atoms with Crippen molar-refractivity contribution in [1.82, 2.24) is 15.5 Å². The van der Waals surface area contributed by atoms with E-state index in [1.165, 1.54) is 47.9 Å². The number of rotatable bonds is 6. The van der Waals surface area contributed by atoms with Gasteiger partial charge in [-0.3, -0.25) is 5.10 Å². The predicted molar refractivity (Wildman–Crippen MR) is 126 cm³/mol. The van der Waals surface area contributed by atoms with Crippen molar-refractivity contribution in [3.63, 3.8) is 0 Å². The van der Waals surface area contributed by atoms with Crippen LogP contribution in [0.25, 0.3) is 22.5 Å². The first-order valence-electron chi connectivity index (χ1n) is 11.8. The van der Waals surface area contributed by atoms with Crippen LogP contribution in [-0.2, 0) is 17.7 Å². The molecule has 0 unspecified atom stereocenters. The number of carbonyl (C=O) groups excluding carboxylic acids is 1. The number of aromatic nitrogens is 2. The lowest BCUT2D eigenvalue weighted by Gasteiger charge is -2.27. The molecule has 0 radical (unpaired) electrons. The zero-order valence-corrected chi connectivity index (χ0v) is 18.9. The fourth-order valence-corrected chi connectivity index (χ4v) is 5.04. The molecule has 0 atom stereocenters. The summed E-state index contributed by atoms with van der Waals surface area (Å²) in [7, 11) is 0. The van der Waals surface area contributed by atoms with Gasteiger partial charge in [-0.2, -0.15) is 5.10 Å². The number of carbonyl (C=O) groups is 1. The maximum atomic E-state index is 11.9. The Hall–Kier alpha value is -2.92. The second-order valence-corrected chi connectivity index (χ2v) is 9.23. The molecule has 2 N–H and O–H groups in total. The van der Waals surface area contributed by atoms with E-state index in [-0.39, 0.29) is 5.97 Å². The summed E-state index contributed by atoms with van der Waals surface area (Å²) in [6.45, 7) is 5.49. The summed E-state index contributed by atoms with van der Waals surface area (Å²) in [5, 5.41) is 11.6. The Bertz CT molecular complexity index is 1110. The molecule has 0 bridgehead atoms. The number of hydrogen-bond donors (Lipinski definition) is 2. The normalized spacial score (nSPS) is 19.4. The predicted octanol–water partition coefficient (Wildman–Crippen LogP) is 5.49. The number of ether oxygens (including phenoxy) is 1. The van der Waals surface area contributed by atoms with Gasteiger partial charge in [-0.1, -0.05) is 37.3 Å². The minimum Gasteiger partial charge on any atom is -0.462 e. The molecule has 5 heteroatoms. The number of H-pyrrole nitrogens is 1. The van der Waals surface area contributed by atoms with E-state index in [9.17, 15) is 4.79 Å². The van der Waals surface area contributed by atoms with Gasteiger partial charge in [-0.15, -0.1) is 0 Å². The molecule has 166 valence electrons. The van der Waals surface area contributed by atoms with Gasteiger partial charge in [0.2, 0.25) is 0 Å². The van der Waals surface area contributed by atoms with Crippen molar-refractivity contribution in [2.24, 2.45) is 5.92 Å². The van der Waals surface area contributed by atoms with Gasteiger partial charge in [0.1, 0.15) is 0 Å². The van der Waals surface area contributed by atoms with Crippen LogP contribution in [0.4, 0.5) is 0 Å². The van der Waals surface area contributed by atoms with Crippen LogP contribution in [0.2, 0.25) is 0 Å². The van der Waals surface area contributed by atoms with E-state index in [0.717, 1.165) is 35.8 Å². The highest BCUT2D eigenvalue weighted by Gasteiger charge is 2.25. The second-order valence-electron chi connectivity index (χ2n) is 9.23. The number of hydrogen-bond acceptors (Lipinski definition) is 4.